The summed E-state index contributed by atoms with van der Waals surface area (Å²) in [6.45, 7) is 6.05. The van der Waals surface area contributed by atoms with Gasteiger partial charge in [-0.1, -0.05) is 12.1 Å². The average Bonchev–Trinajstić information content (AvgIpc) is 2.70. The highest BCUT2D eigenvalue weighted by Crippen LogP contribution is 2.37. The van der Waals surface area contributed by atoms with E-state index < -0.39 is 5.97 Å². The summed E-state index contributed by atoms with van der Waals surface area (Å²) in [5.74, 6) is 0.0282. The summed E-state index contributed by atoms with van der Waals surface area (Å²) < 4.78 is 5.88. The van der Waals surface area contributed by atoms with E-state index in [0.717, 1.165) is 28.9 Å². The molecule has 2 aromatic carbocycles. The number of aryl methyl sites for hydroxylation is 1. The molecule has 0 aliphatic carbocycles. The van der Waals surface area contributed by atoms with Crippen LogP contribution in [0.3, 0.4) is 0 Å². The quantitative estimate of drug-likeness (QED) is 0.903. The molecule has 3 rings (SSSR count). The third-order valence-corrected chi connectivity index (χ3v) is 3.72. The van der Waals surface area contributed by atoms with E-state index in [-0.39, 0.29) is 5.60 Å². The van der Waals surface area contributed by atoms with Crippen molar-refractivity contribution in [3.63, 3.8) is 0 Å². The zero-order valence-electron chi connectivity index (χ0n) is 12.4. The van der Waals surface area contributed by atoms with Gasteiger partial charge >= 0.3 is 5.97 Å². The highest BCUT2D eigenvalue weighted by atomic mass is 16.5. The molecule has 0 unspecified atom stereocenters. The van der Waals surface area contributed by atoms with Gasteiger partial charge in [0.15, 0.2) is 0 Å². The molecule has 1 aliphatic heterocycles. The van der Waals surface area contributed by atoms with Crippen LogP contribution >= 0.6 is 0 Å². The van der Waals surface area contributed by atoms with Crippen LogP contribution in [0, 0.1) is 6.92 Å². The van der Waals surface area contributed by atoms with Crippen LogP contribution in [0.2, 0.25) is 0 Å². The first-order chi connectivity index (χ1) is 9.84. The molecular formula is C18H18O3. The zero-order valence-corrected chi connectivity index (χ0v) is 12.4. The summed E-state index contributed by atoms with van der Waals surface area (Å²) in [6, 6.07) is 11.5. The number of hydrogen-bond donors (Lipinski definition) is 1. The summed E-state index contributed by atoms with van der Waals surface area (Å²) in [5, 5.41) is 9.18. The van der Waals surface area contributed by atoms with Crippen LogP contribution in [-0.4, -0.2) is 16.7 Å². The fourth-order valence-electron chi connectivity index (χ4n) is 2.86. The summed E-state index contributed by atoms with van der Waals surface area (Å²) in [5.41, 5.74) is 4.24. The molecule has 0 saturated carbocycles. The Hall–Kier alpha value is -2.29. The molecule has 0 fully saturated rings. The van der Waals surface area contributed by atoms with E-state index in [1.54, 1.807) is 12.1 Å². The number of rotatable bonds is 2. The maximum atomic E-state index is 11.2. The first kappa shape index (κ1) is 13.7. The van der Waals surface area contributed by atoms with Gasteiger partial charge in [0.1, 0.15) is 11.4 Å². The molecule has 0 saturated heterocycles. The van der Waals surface area contributed by atoms with Crippen molar-refractivity contribution < 1.29 is 14.6 Å². The van der Waals surface area contributed by atoms with Gasteiger partial charge in [-0.3, -0.25) is 0 Å². The van der Waals surface area contributed by atoms with Crippen molar-refractivity contribution in [3.05, 3.63) is 53.1 Å². The average molecular weight is 282 g/mol. The van der Waals surface area contributed by atoms with E-state index in [0.29, 0.717) is 5.56 Å². The lowest BCUT2D eigenvalue weighted by Crippen LogP contribution is -2.24. The van der Waals surface area contributed by atoms with Crippen molar-refractivity contribution in [3.8, 4) is 16.9 Å². The summed E-state index contributed by atoms with van der Waals surface area (Å²) >= 11 is 0. The molecule has 0 spiro atoms. The molecule has 21 heavy (non-hydrogen) atoms. The number of carbonyl (C=O) groups is 1. The predicted octanol–water partition coefficient (Wildman–Crippen LogP) is 4.07. The molecule has 0 amide bonds. The van der Waals surface area contributed by atoms with Gasteiger partial charge in [0.2, 0.25) is 0 Å². The largest absolute Gasteiger partial charge is 0.487 e. The Kier molecular flexibility index (Phi) is 3.01. The van der Waals surface area contributed by atoms with Gasteiger partial charge in [-0.05, 0) is 67.3 Å². The lowest BCUT2D eigenvalue weighted by molar-refractivity contribution is 0.0696. The van der Waals surface area contributed by atoms with Crippen molar-refractivity contribution in [2.45, 2.75) is 32.8 Å². The summed E-state index contributed by atoms with van der Waals surface area (Å²) in [6.07, 6.45) is 0.869. The maximum Gasteiger partial charge on any atom is 0.335 e. The SMILES string of the molecule is Cc1cc(C(=O)O)cc(-c2ccc3c(c2)CC(C)(C)O3)c1. The lowest BCUT2D eigenvalue weighted by Gasteiger charge is -2.16. The third kappa shape index (κ3) is 2.64. The van der Waals surface area contributed by atoms with Crippen molar-refractivity contribution in [1.29, 1.82) is 0 Å². The van der Waals surface area contributed by atoms with Gasteiger partial charge in [0.25, 0.3) is 0 Å². The molecule has 3 heteroatoms. The molecule has 1 aliphatic rings. The normalized spacial score (nSPS) is 15.4. The smallest absolute Gasteiger partial charge is 0.335 e. The van der Waals surface area contributed by atoms with E-state index in [1.807, 2.05) is 25.1 Å². The Morgan fingerprint density at radius 2 is 1.90 bits per heavy atom. The van der Waals surface area contributed by atoms with E-state index in [2.05, 4.69) is 19.9 Å². The van der Waals surface area contributed by atoms with E-state index in [9.17, 15) is 9.90 Å². The first-order valence-electron chi connectivity index (χ1n) is 7.01. The van der Waals surface area contributed by atoms with Crippen molar-refractivity contribution in [1.82, 2.24) is 0 Å². The van der Waals surface area contributed by atoms with Gasteiger partial charge in [0, 0.05) is 6.42 Å². The number of carboxylic acid groups (broad SMARTS) is 1. The van der Waals surface area contributed by atoms with Crippen LogP contribution in [0.15, 0.2) is 36.4 Å². The van der Waals surface area contributed by atoms with Crippen LogP contribution in [0.1, 0.15) is 35.3 Å². The topological polar surface area (TPSA) is 46.5 Å². The minimum Gasteiger partial charge on any atom is -0.487 e. The fraction of sp³-hybridized carbons (Fsp3) is 0.278. The van der Waals surface area contributed by atoms with Crippen molar-refractivity contribution in [2.75, 3.05) is 0 Å². The van der Waals surface area contributed by atoms with E-state index in [4.69, 9.17) is 4.74 Å². The van der Waals surface area contributed by atoms with Crippen LogP contribution in [0.5, 0.6) is 5.75 Å². The number of aromatic carboxylic acids is 1. The predicted molar refractivity (Wildman–Crippen MR) is 82.0 cm³/mol. The highest BCUT2D eigenvalue weighted by molar-refractivity contribution is 5.90. The second kappa shape index (κ2) is 4.62. The molecule has 1 heterocycles. The van der Waals surface area contributed by atoms with Crippen LogP contribution in [0.25, 0.3) is 11.1 Å². The molecular weight excluding hydrogens is 264 g/mol. The van der Waals surface area contributed by atoms with Gasteiger partial charge in [-0.25, -0.2) is 4.79 Å². The Bertz CT molecular complexity index is 729. The monoisotopic (exact) mass is 282 g/mol. The standard InChI is InChI=1S/C18H18O3/c1-11-6-13(9-14(7-11)17(19)20)12-4-5-16-15(8-12)10-18(2,3)21-16/h4-9H,10H2,1-3H3,(H,19,20). The Morgan fingerprint density at radius 3 is 2.62 bits per heavy atom. The Morgan fingerprint density at radius 1 is 1.14 bits per heavy atom. The molecule has 1 N–H and O–H groups in total. The number of benzene rings is 2. The number of fused-ring (bicyclic) bond motifs is 1. The van der Waals surface area contributed by atoms with Gasteiger partial charge in [-0.15, -0.1) is 0 Å². The number of ether oxygens (including phenoxy) is 1. The summed E-state index contributed by atoms with van der Waals surface area (Å²) in [4.78, 5) is 11.2. The minimum atomic E-state index is -0.898. The Labute approximate surface area is 124 Å². The molecule has 0 atom stereocenters. The van der Waals surface area contributed by atoms with E-state index >= 15 is 0 Å². The van der Waals surface area contributed by atoms with Gasteiger partial charge < -0.3 is 9.84 Å². The van der Waals surface area contributed by atoms with Gasteiger partial charge in [0.05, 0.1) is 5.56 Å². The zero-order chi connectivity index (χ0) is 15.2. The number of carboxylic acids is 1. The maximum absolute atomic E-state index is 11.2. The molecule has 0 aromatic heterocycles. The van der Waals surface area contributed by atoms with Crippen molar-refractivity contribution >= 4 is 5.97 Å². The molecule has 0 bridgehead atoms. The lowest BCUT2D eigenvalue weighted by atomic mass is 9.96. The first-order valence-corrected chi connectivity index (χ1v) is 7.01. The molecule has 0 radical (unpaired) electrons. The number of hydrogen-bond acceptors (Lipinski definition) is 2. The Balaban J connectivity index is 2.05. The fourth-order valence-corrected chi connectivity index (χ4v) is 2.86. The third-order valence-electron chi connectivity index (χ3n) is 3.72. The van der Waals surface area contributed by atoms with Crippen molar-refractivity contribution in [2.24, 2.45) is 0 Å². The minimum absolute atomic E-state index is 0.167. The highest BCUT2D eigenvalue weighted by Gasteiger charge is 2.29. The van der Waals surface area contributed by atoms with Crippen LogP contribution in [0.4, 0.5) is 0 Å². The van der Waals surface area contributed by atoms with E-state index in [1.165, 1.54) is 5.56 Å². The van der Waals surface area contributed by atoms with Crippen LogP contribution < -0.4 is 4.74 Å². The molecule has 108 valence electrons. The molecule has 2 aromatic rings. The summed E-state index contributed by atoms with van der Waals surface area (Å²) in [7, 11) is 0. The second-order valence-electron chi connectivity index (χ2n) is 6.25. The van der Waals surface area contributed by atoms with Crippen LogP contribution in [-0.2, 0) is 6.42 Å². The van der Waals surface area contributed by atoms with Gasteiger partial charge in [-0.2, -0.15) is 0 Å². The second-order valence-corrected chi connectivity index (χ2v) is 6.25. The molecule has 3 nitrogen and oxygen atoms in total.